The van der Waals surface area contributed by atoms with E-state index in [0.29, 0.717) is 50.0 Å². The van der Waals surface area contributed by atoms with Crippen molar-refractivity contribution in [1.29, 1.82) is 0 Å². The molecule has 0 saturated heterocycles. The number of esters is 1. The summed E-state index contributed by atoms with van der Waals surface area (Å²) < 4.78 is 24.9. The lowest BCUT2D eigenvalue weighted by Crippen LogP contribution is -2.39. The number of fused-ring (bicyclic) bond motifs is 1. The lowest BCUT2D eigenvalue weighted by molar-refractivity contribution is -0.384. The Morgan fingerprint density at radius 2 is 1.87 bits per heavy atom. The fraction of sp³-hybridized carbons (Fsp3) is 0.171. The molecule has 11 nitrogen and oxygen atoms in total. The van der Waals surface area contributed by atoms with E-state index in [4.69, 9.17) is 18.6 Å². The highest BCUT2D eigenvalue weighted by Gasteiger charge is 2.35. The lowest BCUT2D eigenvalue weighted by Gasteiger charge is -2.22. The smallest absolute Gasteiger partial charge is 0.338 e. The molecule has 47 heavy (non-hydrogen) atoms. The number of hydrogen-bond acceptors (Lipinski definition) is 10. The fourth-order valence-corrected chi connectivity index (χ4v) is 6.31. The van der Waals surface area contributed by atoms with Gasteiger partial charge in [-0.05, 0) is 55.3 Å². The van der Waals surface area contributed by atoms with E-state index in [9.17, 15) is 19.7 Å². The molecule has 3 heterocycles. The number of furan rings is 1. The number of benzene rings is 3. The first-order valence-electron chi connectivity index (χ1n) is 14.7. The van der Waals surface area contributed by atoms with Gasteiger partial charge in [0.1, 0.15) is 24.2 Å². The Kier molecular flexibility index (Phi) is 8.85. The second kappa shape index (κ2) is 13.3. The SMILES string of the molecule is CCOC(=O)C1=C(C)N=c2s/c(=C\c3ccc(OCc4ccccc4)c(OC)c3)c(=O)n2[C@@H]1c1ccc(-c2cccc([N+](=O)[O-])c2)o1. The summed E-state index contributed by atoms with van der Waals surface area (Å²) in [6.07, 6.45) is 1.73. The topological polar surface area (TPSA) is 135 Å². The zero-order chi connectivity index (χ0) is 33.1. The van der Waals surface area contributed by atoms with Crippen molar-refractivity contribution in [3.05, 3.63) is 143 Å². The molecule has 12 heteroatoms. The molecule has 0 aliphatic carbocycles. The number of hydrogen-bond donors (Lipinski definition) is 0. The monoisotopic (exact) mass is 651 g/mol. The van der Waals surface area contributed by atoms with Gasteiger partial charge in [-0.1, -0.05) is 59.9 Å². The Labute approximate surface area is 272 Å². The molecule has 1 aliphatic rings. The number of nitro benzene ring substituents is 1. The average Bonchev–Trinajstić information content (AvgIpc) is 3.68. The van der Waals surface area contributed by atoms with Gasteiger partial charge >= 0.3 is 5.97 Å². The molecule has 0 saturated carbocycles. The zero-order valence-corrected chi connectivity index (χ0v) is 26.5. The minimum atomic E-state index is -0.983. The molecule has 0 radical (unpaired) electrons. The molecule has 0 unspecified atom stereocenters. The molecule has 0 N–H and O–H groups in total. The van der Waals surface area contributed by atoms with Crippen molar-refractivity contribution < 1.29 is 28.3 Å². The molecule has 3 aromatic carbocycles. The second-order valence-corrected chi connectivity index (χ2v) is 11.5. The fourth-order valence-electron chi connectivity index (χ4n) is 5.27. The van der Waals surface area contributed by atoms with Gasteiger partial charge in [-0.25, -0.2) is 9.79 Å². The van der Waals surface area contributed by atoms with Crippen LogP contribution in [0.2, 0.25) is 0 Å². The van der Waals surface area contributed by atoms with E-state index in [1.165, 1.54) is 28.0 Å². The molecule has 1 atom stereocenters. The molecule has 1 aliphatic heterocycles. The van der Waals surface area contributed by atoms with Crippen LogP contribution in [0.1, 0.15) is 36.8 Å². The highest BCUT2D eigenvalue weighted by molar-refractivity contribution is 7.07. The normalized spacial score (nSPS) is 14.4. The van der Waals surface area contributed by atoms with Crippen molar-refractivity contribution in [2.45, 2.75) is 26.5 Å². The van der Waals surface area contributed by atoms with Gasteiger partial charge in [0.25, 0.3) is 11.2 Å². The Hall–Kier alpha value is -5.75. The van der Waals surface area contributed by atoms with Gasteiger partial charge in [-0.15, -0.1) is 0 Å². The number of carbonyl (C=O) groups excluding carboxylic acids is 1. The zero-order valence-electron chi connectivity index (χ0n) is 25.7. The molecule has 0 bridgehead atoms. The van der Waals surface area contributed by atoms with E-state index < -0.39 is 16.9 Å². The third-order valence-electron chi connectivity index (χ3n) is 7.48. The van der Waals surface area contributed by atoms with Crippen molar-refractivity contribution in [3.63, 3.8) is 0 Å². The quantitative estimate of drug-likeness (QED) is 0.109. The van der Waals surface area contributed by atoms with Crippen LogP contribution >= 0.6 is 11.3 Å². The summed E-state index contributed by atoms with van der Waals surface area (Å²) in [7, 11) is 1.55. The van der Waals surface area contributed by atoms with Crippen molar-refractivity contribution in [1.82, 2.24) is 4.57 Å². The number of ether oxygens (including phenoxy) is 3. The molecule has 0 amide bonds. The summed E-state index contributed by atoms with van der Waals surface area (Å²) >= 11 is 1.17. The van der Waals surface area contributed by atoms with E-state index in [1.54, 1.807) is 63.4 Å². The van der Waals surface area contributed by atoms with Crippen LogP contribution < -0.4 is 24.4 Å². The lowest BCUT2D eigenvalue weighted by atomic mass is 10.0. The van der Waals surface area contributed by atoms with E-state index in [1.807, 2.05) is 36.4 Å². The van der Waals surface area contributed by atoms with Gasteiger partial charge in [0.05, 0.1) is 34.4 Å². The Balaban J connectivity index is 1.40. The first kappa shape index (κ1) is 31.2. The number of aromatic nitrogens is 1. The molecule has 238 valence electrons. The number of rotatable bonds is 10. The summed E-state index contributed by atoms with van der Waals surface area (Å²) in [5.41, 5.74) is 2.25. The number of carbonyl (C=O) groups is 1. The third kappa shape index (κ3) is 6.36. The van der Waals surface area contributed by atoms with E-state index in [-0.39, 0.29) is 29.2 Å². The summed E-state index contributed by atoms with van der Waals surface area (Å²) in [4.78, 5) is 43.1. The summed E-state index contributed by atoms with van der Waals surface area (Å²) in [6.45, 7) is 3.86. The largest absolute Gasteiger partial charge is 0.493 e. The number of allylic oxidation sites excluding steroid dienone is 1. The standard InChI is InChI=1S/C35H29N3O8S/c1-4-44-34(40)31-21(2)36-35-37(32(31)28-16-15-26(46-28)24-11-8-12-25(19-24)38(41)42)33(39)30(47-35)18-23-13-14-27(29(17-23)43-3)45-20-22-9-6-5-7-10-22/h5-19,32H,4,20H2,1-3H3/b30-18-/t32-/m1/s1. The Morgan fingerprint density at radius 3 is 2.62 bits per heavy atom. The van der Waals surface area contributed by atoms with Gasteiger partial charge in [0.2, 0.25) is 0 Å². The number of thiazole rings is 1. The molecule has 6 rings (SSSR count). The average molecular weight is 652 g/mol. The number of nitrogens with zero attached hydrogens (tertiary/aromatic N) is 3. The van der Waals surface area contributed by atoms with Gasteiger partial charge in [-0.3, -0.25) is 19.5 Å². The summed E-state index contributed by atoms with van der Waals surface area (Å²) in [5.74, 6) is 1.05. The van der Waals surface area contributed by atoms with Crippen LogP contribution in [-0.2, 0) is 16.1 Å². The van der Waals surface area contributed by atoms with Crippen LogP contribution in [0.4, 0.5) is 5.69 Å². The second-order valence-electron chi connectivity index (χ2n) is 10.5. The first-order valence-corrected chi connectivity index (χ1v) is 15.5. The van der Waals surface area contributed by atoms with Gasteiger partial charge in [-0.2, -0.15) is 0 Å². The van der Waals surface area contributed by atoms with Crippen molar-refractivity contribution in [2.75, 3.05) is 13.7 Å². The molecule has 2 aromatic heterocycles. The maximum Gasteiger partial charge on any atom is 0.338 e. The highest BCUT2D eigenvalue weighted by atomic mass is 32.1. The molecular weight excluding hydrogens is 622 g/mol. The van der Waals surface area contributed by atoms with Gasteiger partial charge in [0, 0.05) is 17.7 Å². The molecule has 0 spiro atoms. The van der Waals surface area contributed by atoms with Gasteiger partial charge in [0.15, 0.2) is 16.3 Å². The maximum absolute atomic E-state index is 14.0. The van der Waals surface area contributed by atoms with Gasteiger partial charge < -0.3 is 18.6 Å². The van der Waals surface area contributed by atoms with Crippen molar-refractivity contribution in [2.24, 2.45) is 4.99 Å². The molecule has 0 fully saturated rings. The predicted octanol–water partition coefficient (Wildman–Crippen LogP) is 5.55. The van der Waals surface area contributed by atoms with E-state index in [2.05, 4.69) is 4.99 Å². The molecule has 5 aromatic rings. The van der Waals surface area contributed by atoms with Crippen LogP contribution in [0.15, 0.2) is 110 Å². The van der Waals surface area contributed by atoms with Crippen LogP contribution in [0.3, 0.4) is 0 Å². The highest BCUT2D eigenvalue weighted by Crippen LogP contribution is 2.35. The Morgan fingerprint density at radius 1 is 1.06 bits per heavy atom. The van der Waals surface area contributed by atoms with Crippen molar-refractivity contribution in [3.8, 4) is 22.8 Å². The van der Waals surface area contributed by atoms with E-state index in [0.717, 1.165) is 5.56 Å². The third-order valence-corrected chi connectivity index (χ3v) is 8.46. The number of non-ortho nitro benzene ring substituents is 1. The summed E-state index contributed by atoms with van der Waals surface area (Å²) in [5, 5.41) is 11.4. The minimum absolute atomic E-state index is 0.0937. The first-order chi connectivity index (χ1) is 22.8. The minimum Gasteiger partial charge on any atom is -0.493 e. The maximum atomic E-state index is 14.0. The van der Waals surface area contributed by atoms with Crippen LogP contribution in [0, 0.1) is 10.1 Å². The van der Waals surface area contributed by atoms with Crippen molar-refractivity contribution >= 4 is 29.1 Å². The number of nitro groups is 1. The Bertz CT molecular complexity index is 2200. The van der Waals surface area contributed by atoms with Crippen LogP contribution in [-0.4, -0.2) is 29.2 Å². The van der Waals surface area contributed by atoms with E-state index >= 15 is 0 Å². The van der Waals surface area contributed by atoms with Crippen LogP contribution in [0.25, 0.3) is 17.4 Å². The summed E-state index contributed by atoms with van der Waals surface area (Å²) in [6, 6.07) is 23.5. The molecular formula is C35H29N3O8S. The van der Waals surface area contributed by atoms with Crippen LogP contribution in [0.5, 0.6) is 11.5 Å². The predicted molar refractivity (Wildman–Crippen MR) is 175 cm³/mol. The number of methoxy groups -OCH3 is 1.